The fraction of sp³-hybridized carbons (Fsp3) is 0.174. The van der Waals surface area contributed by atoms with E-state index in [9.17, 15) is 14.4 Å². The van der Waals surface area contributed by atoms with Gasteiger partial charge in [-0.3, -0.25) is 9.59 Å². The van der Waals surface area contributed by atoms with Crippen LogP contribution in [-0.2, 0) is 9.53 Å². The summed E-state index contributed by atoms with van der Waals surface area (Å²) in [6.45, 7) is 3.70. The Bertz CT molecular complexity index is 1020. The minimum Gasteiger partial charge on any atom is -0.453 e. The average molecular weight is 391 g/mol. The van der Waals surface area contributed by atoms with Crippen LogP contribution in [0.4, 0.5) is 5.69 Å². The van der Waals surface area contributed by atoms with Gasteiger partial charge in [0.2, 0.25) is 0 Å². The zero-order valence-corrected chi connectivity index (χ0v) is 16.2. The van der Waals surface area contributed by atoms with Crippen LogP contribution < -0.4 is 5.32 Å². The van der Waals surface area contributed by atoms with Crippen LogP contribution in [0.3, 0.4) is 0 Å². The number of amides is 1. The molecule has 0 bridgehead atoms. The van der Waals surface area contributed by atoms with Crippen molar-refractivity contribution in [1.29, 1.82) is 0 Å². The van der Waals surface area contributed by atoms with Gasteiger partial charge in [0, 0.05) is 11.3 Å². The zero-order valence-electron chi connectivity index (χ0n) is 16.2. The van der Waals surface area contributed by atoms with E-state index in [0.29, 0.717) is 23.3 Å². The summed E-state index contributed by atoms with van der Waals surface area (Å²) < 4.78 is 10.5. The number of hydrogen-bond donors (Lipinski definition) is 1. The third-order valence-electron chi connectivity index (χ3n) is 4.34. The first-order valence-corrected chi connectivity index (χ1v) is 9.19. The summed E-state index contributed by atoms with van der Waals surface area (Å²) in [7, 11) is 0. The molecule has 0 aliphatic heterocycles. The smallest absolute Gasteiger partial charge is 0.338 e. The summed E-state index contributed by atoms with van der Waals surface area (Å²) in [5.41, 5.74) is 2.75. The van der Waals surface area contributed by atoms with Crippen molar-refractivity contribution in [2.45, 2.75) is 19.8 Å². The molecule has 1 aromatic heterocycles. The molecule has 148 valence electrons. The summed E-state index contributed by atoms with van der Waals surface area (Å²) >= 11 is 0. The first kappa shape index (κ1) is 20.1. The molecule has 0 spiro atoms. The summed E-state index contributed by atoms with van der Waals surface area (Å²) in [6, 6.07) is 17.3. The molecule has 0 atom stereocenters. The molecule has 0 fully saturated rings. The molecule has 1 heterocycles. The predicted octanol–water partition coefficient (Wildman–Crippen LogP) is 4.68. The molecule has 3 aromatic rings. The Hall–Kier alpha value is -3.67. The summed E-state index contributed by atoms with van der Waals surface area (Å²) in [6.07, 6.45) is 0.625. The van der Waals surface area contributed by atoms with Gasteiger partial charge in [-0.05, 0) is 41.8 Å². The Labute approximate surface area is 168 Å². The molecule has 29 heavy (non-hydrogen) atoms. The molecule has 0 aliphatic rings. The van der Waals surface area contributed by atoms with Crippen LogP contribution in [0.15, 0.2) is 65.1 Å². The maximum Gasteiger partial charge on any atom is 0.338 e. The van der Waals surface area contributed by atoms with Gasteiger partial charge in [0.05, 0.1) is 5.56 Å². The first-order valence-electron chi connectivity index (χ1n) is 9.19. The lowest BCUT2D eigenvalue weighted by atomic mass is 10.0. The Morgan fingerprint density at radius 2 is 1.76 bits per heavy atom. The maximum atomic E-state index is 12.2. The second kappa shape index (κ2) is 9.01. The molecule has 0 unspecified atom stereocenters. The molecular weight excluding hydrogens is 370 g/mol. The van der Waals surface area contributed by atoms with Crippen molar-refractivity contribution in [2.75, 3.05) is 11.9 Å². The number of carbonyl (C=O) groups is 3. The monoisotopic (exact) mass is 391 g/mol. The van der Waals surface area contributed by atoms with Gasteiger partial charge in [0.1, 0.15) is 5.76 Å². The van der Waals surface area contributed by atoms with Gasteiger partial charge in [0.25, 0.3) is 5.91 Å². The van der Waals surface area contributed by atoms with Crippen LogP contribution >= 0.6 is 0 Å². The van der Waals surface area contributed by atoms with Gasteiger partial charge in [-0.2, -0.15) is 0 Å². The molecule has 0 aliphatic carbocycles. The Morgan fingerprint density at radius 3 is 2.41 bits per heavy atom. The van der Waals surface area contributed by atoms with Crippen LogP contribution in [0.2, 0.25) is 0 Å². The van der Waals surface area contributed by atoms with Crippen molar-refractivity contribution < 1.29 is 23.5 Å². The standard InChI is InChI=1S/C23H21NO5/c1-15(2)19-5-3-4-6-20(19)24-22(26)14-28-23(27)17-9-7-16(8-10-17)21-12-11-18(13-25)29-21/h3-13,15H,14H2,1-2H3,(H,24,26). The summed E-state index contributed by atoms with van der Waals surface area (Å²) in [5, 5.41) is 2.78. The van der Waals surface area contributed by atoms with Crippen LogP contribution in [0.5, 0.6) is 0 Å². The molecule has 0 saturated carbocycles. The average Bonchev–Trinajstić information content (AvgIpc) is 3.22. The van der Waals surface area contributed by atoms with Gasteiger partial charge in [-0.15, -0.1) is 0 Å². The van der Waals surface area contributed by atoms with Crippen LogP contribution in [0.1, 0.15) is 46.2 Å². The zero-order chi connectivity index (χ0) is 20.8. The van der Waals surface area contributed by atoms with E-state index in [4.69, 9.17) is 9.15 Å². The van der Waals surface area contributed by atoms with Crippen molar-refractivity contribution in [2.24, 2.45) is 0 Å². The quantitative estimate of drug-likeness (QED) is 0.467. The largest absolute Gasteiger partial charge is 0.453 e. The van der Waals surface area contributed by atoms with E-state index in [1.165, 1.54) is 0 Å². The highest BCUT2D eigenvalue weighted by atomic mass is 16.5. The van der Waals surface area contributed by atoms with Crippen molar-refractivity contribution in [1.82, 2.24) is 0 Å². The number of ether oxygens (including phenoxy) is 1. The lowest BCUT2D eigenvalue weighted by molar-refractivity contribution is -0.119. The summed E-state index contributed by atoms with van der Waals surface area (Å²) in [4.78, 5) is 35.1. The van der Waals surface area contributed by atoms with Crippen molar-refractivity contribution in [3.63, 3.8) is 0 Å². The second-order valence-corrected chi connectivity index (χ2v) is 6.76. The highest BCUT2D eigenvalue weighted by molar-refractivity contribution is 5.96. The Balaban J connectivity index is 1.58. The number of aldehydes is 1. The number of anilines is 1. The molecule has 6 nitrogen and oxygen atoms in total. The number of nitrogens with one attached hydrogen (secondary N) is 1. The number of benzene rings is 2. The van der Waals surface area contributed by atoms with Gasteiger partial charge in [0.15, 0.2) is 18.7 Å². The van der Waals surface area contributed by atoms with Crippen molar-refractivity contribution in [3.05, 3.63) is 77.6 Å². The lowest BCUT2D eigenvalue weighted by Gasteiger charge is -2.13. The fourth-order valence-corrected chi connectivity index (χ4v) is 2.86. The van der Waals surface area contributed by atoms with E-state index < -0.39 is 11.9 Å². The number of rotatable bonds is 7. The molecule has 3 rings (SSSR count). The highest BCUT2D eigenvalue weighted by Crippen LogP contribution is 2.24. The van der Waals surface area contributed by atoms with Crippen molar-refractivity contribution in [3.8, 4) is 11.3 Å². The van der Waals surface area contributed by atoms with Gasteiger partial charge in [-0.25, -0.2) is 4.79 Å². The number of esters is 1. The maximum absolute atomic E-state index is 12.2. The molecule has 2 aromatic carbocycles. The van der Waals surface area contributed by atoms with E-state index in [1.807, 2.05) is 38.1 Å². The molecule has 1 amide bonds. The SMILES string of the molecule is CC(C)c1ccccc1NC(=O)COC(=O)c1ccc(-c2ccc(C=O)o2)cc1. The van der Waals surface area contributed by atoms with E-state index in [2.05, 4.69) is 5.32 Å². The van der Waals surface area contributed by atoms with Gasteiger partial charge < -0.3 is 14.5 Å². The molecule has 6 heteroatoms. The number of hydrogen-bond acceptors (Lipinski definition) is 5. The highest BCUT2D eigenvalue weighted by Gasteiger charge is 2.13. The number of furan rings is 1. The minimum absolute atomic E-state index is 0.230. The lowest BCUT2D eigenvalue weighted by Crippen LogP contribution is -2.21. The summed E-state index contributed by atoms with van der Waals surface area (Å²) in [5.74, 6) is 0.00464. The van der Waals surface area contributed by atoms with E-state index >= 15 is 0 Å². The second-order valence-electron chi connectivity index (χ2n) is 6.76. The predicted molar refractivity (Wildman–Crippen MR) is 109 cm³/mol. The number of para-hydroxylation sites is 1. The van der Waals surface area contributed by atoms with Gasteiger partial charge in [-0.1, -0.05) is 44.2 Å². The first-order chi connectivity index (χ1) is 14.0. The van der Waals surface area contributed by atoms with Crippen LogP contribution in [0, 0.1) is 0 Å². The minimum atomic E-state index is -0.600. The molecule has 1 N–H and O–H groups in total. The molecular formula is C23H21NO5. The van der Waals surface area contributed by atoms with E-state index in [-0.39, 0.29) is 18.3 Å². The number of carbonyl (C=O) groups excluding carboxylic acids is 3. The Kier molecular flexibility index (Phi) is 6.24. The molecule has 0 radical (unpaired) electrons. The van der Waals surface area contributed by atoms with Gasteiger partial charge >= 0.3 is 5.97 Å². The van der Waals surface area contributed by atoms with E-state index in [0.717, 1.165) is 11.1 Å². The fourth-order valence-electron chi connectivity index (χ4n) is 2.86. The third kappa shape index (κ3) is 4.99. The molecule has 0 saturated heterocycles. The van der Waals surface area contributed by atoms with Crippen LogP contribution in [-0.4, -0.2) is 24.8 Å². The van der Waals surface area contributed by atoms with Crippen LogP contribution in [0.25, 0.3) is 11.3 Å². The third-order valence-corrected chi connectivity index (χ3v) is 4.34. The normalized spacial score (nSPS) is 10.6. The van der Waals surface area contributed by atoms with Crippen molar-refractivity contribution >= 4 is 23.9 Å². The Morgan fingerprint density at radius 1 is 1.03 bits per heavy atom. The van der Waals surface area contributed by atoms with E-state index in [1.54, 1.807) is 36.4 Å². The topological polar surface area (TPSA) is 85.6 Å².